The second kappa shape index (κ2) is 7.29. The summed E-state index contributed by atoms with van der Waals surface area (Å²) in [5, 5.41) is 3.05. The van der Waals surface area contributed by atoms with E-state index in [2.05, 4.69) is 5.32 Å². The molecule has 1 saturated carbocycles. The minimum Gasteiger partial charge on any atom is -0.389 e. The molecule has 0 aliphatic heterocycles. The van der Waals surface area contributed by atoms with Gasteiger partial charge in [0.05, 0.1) is 5.57 Å². The van der Waals surface area contributed by atoms with Crippen LogP contribution >= 0.6 is 11.8 Å². The summed E-state index contributed by atoms with van der Waals surface area (Å²) in [4.78, 5) is 24.2. The molecule has 1 aromatic rings. The van der Waals surface area contributed by atoms with Crippen LogP contribution in [0.4, 0.5) is 0 Å². The standard InChI is InChI=1S/C16H19NO2S/c1-20-8-7-17-11-14-15(18)9-13(10-16(14)19)12-5-3-2-4-6-12/h2-6,11,13,17H,7-10H2,1H3. The molecular weight excluding hydrogens is 270 g/mol. The molecule has 1 aliphatic rings. The summed E-state index contributed by atoms with van der Waals surface area (Å²) in [5.41, 5.74) is 1.40. The lowest BCUT2D eigenvalue weighted by atomic mass is 9.80. The first-order valence-electron chi connectivity index (χ1n) is 6.76. The number of nitrogens with one attached hydrogen (secondary N) is 1. The van der Waals surface area contributed by atoms with E-state index in [0.29, 0.717) is 18.4 Å². The van der Waals surface area contributed by atoms with E-state index in [-0.39, 0.29) is 17.5 Å². The van der Waals surface area contributed by atoms with Crippen molar-refractivity contribution < 1.29 is 9.59 Å². The number of Topliss-reactive ketones (excluding diaryl/α,β-unsaturated/α-hetero) is 2. The molecule has 1 aliphatic carbocycles. The molecule has 0 amide bonds. The van der Waals surface area contributed by atoms with Crippen molar-refractivity contribution in [3.63, 3.8) is 0 Å². The Balaban J connectivity index is 2.02. The maximum Gasteiger partial charge on any atom is 0.168 e. The lowest BCUT2D eigenvalue weighted by Gasteiger charge is -2.22. The number of carbonyl (C=O) groups is 2. The largest absolute Gasteiger partial charge is 0.389 e. The molecular formula is C16H19NO2S. The Morgan fingerprint density at radius 1 is 1.20 bits per heavy atom. The molecule has 0 heterocycles. The van der Waals surface area contributed by atoms with Crippen LogP contribution in [0.3, 0.4) is 0 Å². The monoisotopic (exact) mass is 289 g/mol. The predicted molar refractivity (Wildman–Crippen MR) is 82.9 cm³/mol. The molecule has 4 heteroatoms. The predicted octanol–water partition coefficient (Wildman–Crippen LogP) is 2.54. The average Bonchev–Trinajstić information content (AvgIpc) is 2.46. The van der Waals surface area contributed by atoms with E-state index in [1.165, 1.54) is 0 Å². The van der Waals surface area contributed by atoms with Gasteiger partial charge in [-0.3, -0.25) is 9.59 Å². The first-order valence-corrected chi connectivity index (χ1v) is 8.15. The van der Waals surface area contributed by atoms with Gasteiger partial charge in [0.1, 0.15) is 0 Å². The molecule has 106 valence electrons. The zero-order valence-corrected chi connectivity index (χ0v) is 12.4. The van der Waals surface area contributed by atoms with Crippen LogP contribution in [0.5, 0.6) is 0 Å². The highest BCUT2D eigenvalue weighted by Gasteiger charge is 2.31. The fourth-order valence-electron chi connectivity index (χ4n) is 2.35. The molecule has 1 aromatic carbocycles. The third-order valence-corrected chi connectivity index (χ3v) is 4.04. The molecule has 0 aromatic heterocycles. The summed E-state index contributed by atoms with van der Waals surface area (Å²) >= 11 is 1.73. The van der Waals surface area contributed by atoms with E-state index < -0.39 is 0 Å². The van der Waals surface area contributed by atoms with Gasteiger partial charge in [0, 0.05) is 31.3 Å². The Morgan fingerprint density at radius 2 is 1.85 bits per heavy atom. The van der Waals surface area contributed by atoms with Gasteiger partial charge in [-0.2, -0.15) is 11.8 Å². The van der Waals surface area contributed by atoms with Gasteiger partial charge in [0.25, 0.3) is 0 Å². The fraction of sp³-hybridized carbons (Fsp3) is 0.375. The number of benzene rings is 1. The number of thioether (sulfide) groups is 1. The first kappa shape index (κ1) is 14.9. The highest BCUT2D eigenvalue weighted by Crippen LogP contribution is 2.31. The number of rotatable bonds is 5. The van der Waals surface area contributed by atoms with E-state index in [1.54, 1.807) is 18.0 Å². The topological polar surface area (TPSA) is 46.2 Å². The molecule has 0 unspecified atom stereocenters. The summed E-state index contributed by atoms with van der Waals surface area (Å²) in [6, 6.07) is 9.80. The number of ketones is 2. The minimum atomic E-state index is -0.0493. The fourth-order valence-corrected chi connectivity index (χ4v) is 2.67. The Labute approximate surface area is 123 Å². The van der Waals surface area contributed by atoms with Crippen molar-refractivity contribution in [3.8, 4) is 0 Å². The number of hydrogen-bond donors (Lipinski definition) is 1. The third-order valence-electron chi connectivity index (χ3n) is 3.43. The molecule has 0 radical (unpaired) electrons. The van der Waals surface area contributed by atoms with Crippen molar-refractivity contribution >= 4 is 23.3 Å². The van der Waals surface area contributed by atoms with Gasteiger partial charge in [-0.15, -0.1) is 0 Å². The minimum absolute atomic E-state index is 0.0274. The van der Waals surface area contributed by atoms with Crippen molar-refractivity contribution in [2.45, 2.75) is 18.8 Å². The Hall–Kier alpha value is -1.55. The summed E-state index contributed by atoms with van der Waals surface area (Å²) < 4.78 is 0. The summed E-state index contributed by atoms with van der Waals surface area (Å²) in [7, 11) is 0. The second-order valence-corrected chi connectivity index (χ2v) is 5.85. The van der Waals surface area contributed by atoms with Crippen LogP contribution in [0.1, 0.15) is 24.3 Å². The number of hydrogen-bond acceptors (Lipinski definition) is 4. The van der Waals surface area contributed by atoms with Crippen molar-refractivity contribution in [1.82, 2.24) is 5.32 Å². The van der Waals surface area contributed by atoms with Gasteiger partial charge in [-0.05, 0) is 17.7 Å². The first-order chi connectivity index (χ1) is 9.72. The zero-order valence-electron chi connectivity index (χ0n) is 11.6. The molecule has 2 rings (SSSR count). The van der Waals surface area contributed by atoms with Gasteiger partial charge < -0.3 is 5.32 Å². The van der Waals surface area contributed by atoms with Gasteiger partial charge in [-0.25, -0.2) is 0 Å². The van der Waals surface area contributed by atoms with Crippen molar-refractivity contribution in [2.75, 3.05) is 18.6 Å². The summed E-state index contributed by atoms with van der Waals surface area (Å²) in [5.74, 6) is 0.886. The van der Waals surface area contributed by atoms with Gasteiger partial charge in [0.15, 0.2) is 11.6 Å². The van der Waals surface area contributed by atoms with E-state index in [9.17, 15) is 9.59 Å². The molecule has 1 N–H and O–H groups in total. The van der Waals surface area contributed by atoms with E-state index in [4.69, 9.17) is 0 Å². The molecule has 3 nitrogen and oxygen atoms in total. The normalized spacial score (nSPS) is 19.1. The van der Waals surface area contributed by atoms with E-state index >= 15 is 0 Å². The average molecular weight is 289 g/mol. The van der Waals surface area contributed by atoms with Crippen LogP contribution in [0.15, 0.2) is 42.1 Å². The smallest absolute Gasteiger partial charge is 0.168 e. The SMILES string of the molecule is CSCCNC=C1C(=O)CC(c2ccccc2)CC1=O. The molecule has 20 heavy (non-hydrogen) atoms. The maximum absolute atomic E-state index is 12.1. The van der Waals surface area contributed by atoms with Gasteiger partial charge in [-0.1, -0.05) is 30.3 Å². The van der Waals surface area contributed by atoms with Crippen LogP contribution in [0.2, 0.25) is 0 Å². The Bertz CT molecular complexity index is 490. The number of allylic oxidation sites excluding steroid dienone is 1. The van der Waals surface area contributed by atoms with Gasteiger partial charge in [0.2, 0.25) is 0 Å². The lowest BCUT2D eigenvalue weighted by molar-refractivity contribution is -0.124. The Kier molecular flexibility index (Phi) is 5.41. The van der Waals surface area contributed by atoms with E-state index in [1.807, 2.05) is 36.6 Å². The molecule has 0 saturated heterocycles. The Morgan fingerprint density at radius 3 is 2.45 bits per heavy atom. The second-order valence-electron chi connectivity index (χ2n) is 4.87. The maximum atomic E-state index is 12.1. The number of carbonyl (C=O) groups excluding carboxylic acids is 2. The van der Waals surface area contributed by atoms with Crippen molar-refractivity contribution in [1.29, 1.82) is 0 Å². The molecule has 0 spiro atoms. The van der Waals surface area contributed by atoms with Crippen LogP contribution in [-0.4, -0.2) is 30.1 Å². The lowest BCUT2D eigenvalue weighted by Crippen LogP contribution is -2.26. The zero-order chi connectivity index (χ0) is 14.4. The highest BCUT2D eigenvalue weighted by atomic mass is 32.2. The highest BCUT2D eigenvalue weighted by molar-refractivity contribution is 7.98. The third kappa shape index (κ3) is 3.73. The molecule has 0 atom stereocenters. The van der Waals surface area contributed by atoms with Crippen molar-refractivity contribution in [3.05, 3.63) is 47.7 Å². The van der Waals surface area contributed by atoms with Crippen LogP contribution in [0.25, 0.3) is 0 Å². The summed E-state index contributed by atoms with van der Waals surface area (Å²) in [6.07, 6.45) is 4.47. The molecule has 1 fully saturated rings. The molecule has 0 bridgehead atoms. The van der Waals surface area contributed by atoms with Crippen molar-refractivity contribution in [2.24, 2.45) is 0 Å². The van der Waals surface area contributed by atoms with Crippen LogP contribution in [0, 0.1) is 0 Å². The van der Waals surface area contributed by atoms with E-state index in [0.717, 1.165) is 17.9 Å². The quantitative estimate of drug-likeness (QED) is 0.514. The summed E-state index contributed by atoms with van der Waals surface area (Å²) in [6.45, 7) is 0.771. The van der Waals surface area contributed by atoms with Gasteiger partial charge >= 0.3 is 0 Å². The van der Waals surface area contributed by atoms with Crippen LogP contribution in [-0.2, 0) is 9.59 Å². The van der Waals surface area contributed by atoms with Crippen LogP contribution < -0.4 is 5.32 Å².